The zero-order valence-electron chi connectivity index (χ0n) is 11.4. The largest absolute Gasteiger partial charge is 0.322 e. The fourth-order valence-electron chi connectivity index (χ4n) is 1.70. The molecule has 0 aliphatic heterocycles. The van der Waals surface area contributed by atoms with Crippen molar-refractivity contribution in [3.63, 3.8) is 0 Å². The number of hydrogen-bond donors (Lipinski definition) is 0. The molecule has 0 rings (SSSR count). The quantitative estimate of drug-likeness (QED) is 0.627. The van der Waals surface area contributed by atoms with Gasteiger partial charge in [-0.3, -0.25) is 9.46 Å². The molecule has 0 aromatic carbocycles. The molecule has 0 radical (unpaired) electrons. The van der Waals surface area contributed by atoms with Crippen LogP contribution >= 0.6 is 18.0 Å². The minimum Gasteiger partial charge on any atom is -0.322 e. The van der Waals surface area contributed by atoms with Gasteiger partial charge in [0.05, 0.1) is 6.61 Å². The molecule has 1 atom stereocenters. The van der Waals surface area contributed by atoms with Crippen LogP contribution in [0.1, 0.15) is 34.6 Å². The highest BCUT2D eigenvalue weighted by Gasteiger charge is 2.18. The van der Waals surface area contributed by atoms with E-state index in [1.165, 1.54) is 11.4 Å². The number of nitrogens with zero attached hydrogens (tertiary/aromatic N) is 1. The molecule has 0 fully saturated rings. The predicted molar refractivity (Wildman–Crippen MR) is 74.6 cm³/mol. The molecule has 16 heavy (non-hydrogen) atoms. The van der Waals surface area contributed by atoms with Crippen molar-refractivity contribution in [2.45, 2.75) is 46.7 Å². The second-order valence-electron chi connectivity index (χ2n) is 4.45. The van der Waals surface area contributed by atoms with Crippen molar-refractivity contribution in [3.05, 3.63) is 0 Å². The Kier molecular flexibility index (Phi) is 8.00. The Hall–Kier alpha value is 0.500. The van der Waals surface area contributed by atoms with Crippen LogP contribution in [0, 0.1) is 0 Å². The van der Waals surface area contributed by atoms with Crippen LogP contribution in [0.5, 0.6) is 0 Å². The summed E-state index contributed by atoms with van der Waals surface area (Å²) in [6, 6.07) is 1.06. The van der Waals surface area contributed by atoms with Crippen LogP contribution in [0.15, 0.2) is 0 Å². The third-order valence-electron chi connectivity index (χ3n) is 2.37. The van der Waals surface area contributed by atoms with Crippen molar-refractivity contribution >= 4 is 18.0 Å². The van der Waals surface area contributed by atoms with Gasteiger partial charge >= 0.3 is 0 Å². The molecule has 0 aromatic heterocycles. The van der Waals surface area contributed by atoms with Gasteiger partial charge in [0.2, 0.25) is 0 Å². The Balaban J connectivity index is 4.00. The molecule has 98 valence electrons. The summed E-state index contributed by atoms with van der Waals surface area (Å²) in [6.45, 7) is 11.4. The van der Waals surface area contributed by atoms with E-state index < -0.39 is 6.57 Å². The molecule has 0 unspecified atom stereocenters. The Morgan fingerprint density at radius 1 is 1.25 bits per heavy atom. The smallest absolute Gasteiger partial charge is 0.254 e. The molecular formula is C11H26NO2PS. The van der Waals surface area contributed by atoms with E-state index in [2.05, 4.69) is 32.6 Å². The third-order valence-corrected chi connectivity index (χ3v) is 6.20. The first-order valence-electron chi connectivity index (χ1n) is 5.92. The first-order valence-corrected chi connectivity index (χ1v) is 9.58. The molecule has 0 saturated heterocycles. The Labute approximate surface area is 105 Å². The van der Waals surface area contributed by atoms with E-state index in [4.69, 9.17) is 4.52 Å². The highest BCUT2D eigenvalue weighted by molar-refractivity contribution is 8.56. The number of hydrogen-bond acceptors (Lipinski definition) is 4. The van der Waals surface area contributed by atoms with Crippen LogP contribution in [0.25, 0.3) is 0 Å². The molecule has 5 heteroatoms. The van der Waals surface area contributed by atoms with Crippen LogP contribution in [0.2, 0.25) is 0 Å². The van der Waals surface area contributed by atoms with Gasteiger partial charge in [-0.1, -0.05) is 11.4 Å². The van der Waals surface area contributed by atoms with Gasteiger partial charge in [-0.25, -0.2) is 0 Å². The fraction of sp³-hybridized carbons (Fsp3) is 1.00. The predicted octanol–water partition coefficient (Wildman–Crippen LogP) is 3.70. The van der Waals surface area contributed by atoms with Crippen LogP contribution in [0.3, 0.4) is 0 Å². The molecule has 0 aliphatic rings. The first kappa shape index (κ1) is 16.5. The summed E-state index contributed by atoms with van der Waals surface area (Å²) >= 11 is 1.46. The minimum atomic E-state index is -2.42. The van der Waals surface area contributed by atoms with Gasteiger partial charge in [0.1, 0.15) is 0 Å². The summed E-state index contributed by atoms with van der Waals surface area (Å²) in [5, 5.41) is 0. The zero-order valence-corrected chi connectivity index (χ0v) is 13.1. The maximum atomic E-state index is 11.9. The van der Waals surface area contributed by atoms with Crippen molar-refractivity contribution in [1.82, 2.24) is 4.90 Å². The lowest BCUT2D eigenvalue weighted by atomic mass is 10.2. The molecule has 0 spiro atoms. The molecule has 0 aromatic rings. The summed E-state index contributed by atoms with van der Waals surface area (Å²) in [5.41, 5.74) is 0. The monoisotopic (exact) mass is 267 g/mol. The van der Waals surface area contributed by atoms with Crippen LogP contribution in [-0.2, 0) is 9.09 Å². The van der Waals surface area contributed by atoms with Crippen LogP contribution in [-0.4, -0.2) is 42.6 Å². The van der Waals surface area contributed by atoms with Crippen LogP contribution in [0.4, 0.5) is 0 Å². The molecule has 0 amide bonds. The topological polar surface area (TPSA) is 29.5 Å². The van der Waals surface area contributed by atoms with Gasteiger partial charge < -0.3 is 4.52 Å². The summed E-state index contributed by atoms with van der Waals surface area (Å²) in [7, 11) is 0. The van der Waals surface area contributed by atoms with E-state index >= 15 is 0 Å². The second kappa shape index (κ2) is 7.75. The molecule has 0 bridgehead atoms. The first-order chi connectivity index (χ1) is 7.30. The molecule has 3 nitrogen and oxygen atoms in total. The third kappa shape index (κ3) is 6.95. The standard InChI is InChI=1S/C11H26NO2PS/c1-7-14-15(6,13)16-9-8-12(10(2)3)11(4)5/h10-11H,7-9H2,1-6H3/t15-/m0/s1. The average Bonchev–Trinajstić information content (AvgIpc) is 2.10. The summed E-state index contributed by atoms with van der Waals surface area (Å²) in [4.78, 5) is 2.40. The second-order valence-corrected chi connectivity index (χ2v) is 9.68. The molecule has 0 aliphatic carbocycles. The van der Waals surface area contributed by atoms with Gasteiger partial charge in [0.15, 0.2) is 0 Å². The molecule has 0 N–H and O–H groups in total. The lowest BCUT2D eigenvalue weighted by Crippen LogP contribution is -2.38. The Morgan fingerprint density at radius 2 is 1.75 bits per heavy atom. The normalized spacial score (nSPS) is 16.1. The van der Waals surface area contributed by atoms with Crippen molar-refractivity contribution in [2.75, 3.05) is 25.6 Å². The van der Waals surface area contributed by atoms with E-state index in [0.717, 1.165) is 12.3 Å². The molecular weight excluding hydrogens is 241 g/mol. The van der Waals surface area contributed by atoms with E-state index in [1.807, 2.05) is 6.92 Å². The van der Waals surface area contributed by atoms with Gasteiger partial charge in [-0.05, 0) is 34.6 Å². The highest BCUT2D eigenvalue weighted by Crippen LogP contribution is 2.55. The van der Waals surface area contributed by atoms with E-state index in [1.54, 1.807) is 6.66 Å². The van der Waals surface area contributed by atoms with Crippen molar-refractivity contribution in [2.24, 2.45) is 0 Å². The summed E-state index contributed by atoms with van der Waals surface area (Å²) in [5.74, 6) is 0.865. The van der Waals surface area contributed by atoms with Gasteiger partial charge in [-0.2, -0.15) is 0 Å². The molecule has 0 heterocycles. The van der Waals surface area contributed by atoms with Gasteiger partial charge in [0.25, 0.3) is 6.57 Å². The Bertz CT molecular complexity index is 226. The Morgan fingerprint density at radius 3 is 2.12 bits per heavy atom. The SMILES string of the molecule is CCO[P@](C)(=O)SCCN(C(C)C)C(C)C. The van der Waals surface area contributed by atoms with Crippen molar-refractivity contribution in [3.8, 4) is 0 Å². The van der Waals surface area contributed by atoms with Crippen LogP contribution < -0.4 is 0 Å². The lowest BCUT2D eigenvalue weighted by Gasteiger charge is -2.30. The minimum absolute atomic E-state index is 0.527. The van der Waals surface area contributed by atoms with Gasteiger partial charge in [-0.15, -0.1) is 0 Å². The van der Waals surface area contributed by atoms with E-state index in [9.17, 15) is 4.57 Å². The highest BCUT2D eigenvalue weighted by atomic mass is 32.7. The van der Waals surface area contributed by atoms with Gasteiger partial charge in [0, 0.05) is 31.0 Å². The molecule has 0 saturated carbocycles. The summed E-state index contributed by atoms with van der Waals surface area (Å²) < 4.78 is 17.1. The average molecular weight is 267 g/mol. The number of rotatable bonds is 8. The maximum Gasteiger partial charge on any atom is 0.254 e. The maximum absolute atomic E-state index is 11.9. The van der Waals surface area contributed by atoms with Crippen molar-refractivity contribution < 1.29 is 9.09 Å². The summed E-state index contributed by atoms with van der Waals surface area (Å²) in [6.07, 6.45) is 0. The van der Waals surface area contributed by atoms with E-state index in [-0.39, 0.29) is 0 Å². The van der Waals surface area contributed by atoms with E-state index in [0.29, 0.717) is 18.7 Å². The fourth-order valence-corrected chi connectivity index (χ4v) is 4.64. The van der Waals surface area contributed by atoms with Crippen molar-refractivity contribution in [1.29, 1.82) is 0 Å². The zero-order chi connectivity index (χ0) is 12.8. The lowest BCUT2D eigenvalue weighted by molar-refractivity contribution is 0.187.